The van der Waals surface area contributed by atoms with E-state index in [1.165, 1.54) is 51.4 Å². The van der Waals surface area contributed by atoms with Crippen LogP contribution in [0.15, 0.2) is 12.2 Å². The van der Waals surface area contributed by atoms with Gasteiger partial charge >= 0.3 is 5.97 Å². The topological polar surface area (TPSA) is 105 Å². The third-order valence-electron chi connectivity index (χ3n) is 5.74. The van der Waals surface area contributed by atoms with Gasteiger partial charge in [-0.1, -0.05) is 70.4 Å². The lowest BCUT2D eigenvalue weighted by atomic mass is 10.1. The largest absolute Gasteiger partial charge is 0.454 e. The van der Waals surface area contributed by atoms with Gasteiger partial charge in [-0.15, -0.1) is 0 Å². The van der Waals surface area contributed by atoms with E-state index in [1.807, 2.05) is 0 Å². The molecule has 0 radical (unpaired) electrons. The third kappa shape index (κ3) is 13.5. The maximum absolute atomic E-state index is 12.2. The van der Waals surface area contributed by atoms with Crippen LogP contribution in [0.2, 0.25) is 0 Å². The van der Waals surface area contributed by atoms with Gasteiger partial charge in [0.1, 0.15) is 12.2 Å². The van der Waals surface area contributed by atoms with Gasteiger partial charge in [0.2, 0.25) is 0 Å². The SMILES string of the molecule is CCCCCCCC/C=C\CCCCCCCC(=O)O[C@@H](C1OCCO1)[C@@H](O)[C@H](O)CO. The number of rotatable bonds is 20. The summed E-state index contributed by atoms with van der Waals surface area (Å²) < 4.78 is 15.9. The van der Waals surface area contributed by atoms with E-state index < -0.39 is 37.2 Å². The number of aliphatic hydroxyl groups excluding tert-OH is 3. The van der Waals surface area contributed by atoms with Gasteiger partial charge in [0, 0.05) is 6.42 Å². The van der Waals surface area contributed by atoms with Crippen LogP contribution in [0, 0.1) is 0 Å². The number of carbonyl (C=O) groups is 1. The van der Waals surface area contributed by atoms with Crippen molar-refractivity contribution in [2.75, 3.05) is 19.8 Å². The van der Waals surface area contributed by atoms with E-state index in [4.69, 9.17) is 19.3 Å². The molecule has 0 bridgehead atoms. The van der Waals surface area contributed by atoms with Crippen LogP contribution in [-0.2, 0) is 19.0 Å². The van der Waals surface area contributed by atoms with E-state index in [2.05, 4.69) is 19.1 Å². The molecule has 0 saturated carbocycles. The minimum atomic E-state index is -1.47. The van der Waals surface area contributed by atoms with Crippen LogP contribution in [0.5, 0.6) is 0 Å². The fraction of sp³-hybridized carbons (Fsp3) is 0.880. The zero-order valence-electron chi connectivity index (χ0n) is 20.0. The van der Waals surface area contributed by atoms with Crippen LogP contribution in [0.3, 0.4) is 0 Å². The zero-order valence-corrected chi connectivity index (χ0v) is 20.0. The van der Waals surface area contributed by atoms with Gasteiger partial charge in [0.15, 0.2) is 12.4 Å². The van der Waals surface area contributed by atoms with E-state index in [1.54, 1.807) is 0 Å². The summed E-state index contributed by atoms with van der Waals surface area (Å²) in [6.07, 6.45) is 15.2. The molecule has 0 aliphatic carbocycles. The third-order valence-corrected chi connectivity index (χ3v) is 5.74. The second-order valence-corrected chi connectivity index (χ2v) is 8.64. The minimum Gasteiger partial charge on any atom is -0.454 e. The van der Waals surface area contributed by atoms with Crippen LogP contribution < -0.4 is 0 Å². The normalized spacial score (nSPS) is 17.6. The standard InChI is InChI=1S/C25H46O7/c1-2-3-4-5-6-7-8-9-10-11-12-13-14-15-16-17-22(28)32-24(23(29)21(27)20-26)25-30-18-19-31-25/h9-10,21,23-27,29H,2-8,11-20H2,1H3/b10-9-/t21-,23+,24-/m1/s1. The molecule has 1 rings (SSSR count). The molecule has 1 saturated heterocycles. The molecule has 1 fully saturated rings. The highest BCUT2D eigenvalue weighted by atomic mass is 16.7. The summed E-state index contributed by atoms with van der Waals surface area (Å²) in [5.41, 5.74) is 0. The van der Waals surface area contributed by atoms with Crippen LogP contribution in [0.1, 0.15) is 96.8 Å². The van der Waals surface area contributed by atoms with Crippen LogP contribution in [0.25, 0.3) is 0 Å². The van der Waals surface area contributed by atoms with Crippen LogP contribution in [-0.4, -0.2) is 65.7 Å². The Bertz CT molecular complexity index is 477. The molecular formula is C25H46O7. The van der Waals surface area contributed by atoms with Crippen molar-refractivity contribution >= 4 is 5.97 Å². The summed E-state index contributed by atoms with van der Waals surface area (Å²) in [6.45, 7) is 2.26. The molecule has 1 aliphatic heterocycles. The molecule has 3 atom stereocenters. The summed E-state index contributed by atoms with van der Waals surface area (Å²) in [5.74, 6) is -0.462. The van der Waals surface area contributed by atoms with E-state index in [0.717, 1.165) is 25.7 Å². The molecule has 1 aliphatic rings. The Morgan fingerprint density at radius 2 is 1.44 bits per heavy atom. The molecule has 0 unspecified atom stereocenters. The van der Waals surface area contributed by atoms with Gasteiger partial charge in [0.25, 0.3) is 0 Å². The predicted octanol–water partition coefficient (Wildman–Crippen LogP) is 4.02. The first-order chi connectivity index (χ1) is 15.6. The number of ether oxygens (including phenoxy) is 3. The van der Waals surface area contributed by atoms with Crippen molar-refractivity contribution in [2.45, 2.75) is 121 Å². The van der Waals surface area contributed by atoms with Crippen LogP contribution in [0.4, 0.5) is 0 Å². The molecule has 1 heterocycles. The van der Waals surface area contributed by atoms with Crippen molar-refractivity contribution in [3.8, 4) is 0 Å². The quantitative estimate of drug-likeness (QED) is 0.144. The maximum atomic E-state index is 12.2. The molecule has 32 heavy (non-hydrogen) atoms. The molecule has 0 amide bonds. The number of hydrogen-bond donors (Lipinski definition) is 3. The van der Waals surface area contributed by atoms with E-state index in [0.29, 0.717) is 19.6 Å². The Labute approximate surface area is 194 Å². The second kappa shape index (κ2) is 19.5. The fourth-order valence-electron chi connectivity index (χ4n) is 3.73. The molecule has 188 valence electrons. The van der Waals surface area contributed by atoms with Gasteiger partial charge in [-0.25, -0.2) is 0 Å². The van der Waals surface area contributed by atoms with E-state index in [9.17, 15) is 15.0 Å². The summed E-state index contributed by atoms with van der Waals surface area (Å²) in [6, 6.07) is 0. The molecule has 0 aromatic heterocycles. The monoisotopic (exact) mass is 458 g/mol. The highest BCUT2D eigenvalue weighted by Gasteiger charge is 2.39. The summed E-state index contributed by atoms with van der Waals surface area (Å²) in [7, 11) is 0. The van der Waals surface area contributed by atoms with Gasteiger partial charge in [0.05, 0.1) is 19.8 Å². The van der Waals surface area contributed by atoms with Gasteiger partial charge in [-0.05, 0) is 32.1 Å². The van der Waals surface area contributed by atoms with Crippen molar-refractivity contribution in [1.82, 2.24) is 0 Å². The Hall–Kier alpha value is -0.990. The molecule has 0 aromatic carbocycles. The minimum absolute atomic E-state index is 0.239. The number of esters is 1. The first-order valence-corrected chi connectivity index (χ1v) is 12.6. The highest BCUT2D eigenvalue weighted by Crippen LogP contribution is 2.19. The number of hydrogen-bond acceptors (Lipinski definition) is 7. The molecule has 7 nitrogen and oxygen atoms in total. The van der Waals surface area contributed by atoms with E-state index >= 15 is 0 Å². The predicted molar refractivity (Wildman–Crippen MR) is 124 cm³/mol. The van der Waals surface area contributed by atoms with Crippen LogP contribution >= 0.6 is 0 Å². The molecule has 0 aromatic rings. The summed E-state index contributed by atoms with van der Waals surface area (Å²) >= 11 is 0. The lowest BCUT2D eigenvalue weighted by Crippen LogP contribution is -2.48. The average Bonchev–Trinajstić information content (AvgIpc) is 3.33. The maximum Gasteiger partial charge on any atom is 0.306 e. The lowest BCUT2D eigenvalue weighted by molar-refractivity contribution is -0.204. The second-order valence-electron chi connectivity index (χ2n) is 8.64. The molecule has 3 N–H and O–H groups in total. The van der Waals surface area contributed by atoms with Crippen molar-refractivity contribution in [3.05, 3.63) is 12.2 Å². The molecule has 7 heteroatoms. The lowest BCUT2D eigenvalue weighted by Gasteiger charge is -2.29. The Balaban J connectivity index is 2.05. The Morgan fingerprint density at radius 1 is 0.906 bits per heavy atom. The number of unbranched alkanes of at least 4 members (excludes halogenated alkanes) is 11. The van der Waals surface area contributed by atoms with Crippen molar-refractivity contribution in [2.24, 2.45) is 0 Å². The molecule has 0 spiro atoms. The van der Waals surface area contributed by atoms with Crippen molar-refractivity contribution in [3.63, 3.8) is 0 Å². The van der Waals surface area contributed by atoms with Crippen molar-refractivity contribution in [1.29, 1.82) is 0 Å². The van der Waals surface area contributed by atoms with Crippen molar-refractivity contribution < 1.29 is 34.3 Å². The smallest absolute Gasteiger partial charge is 0.306 e. The Kier molecular flexibility index (Phi) is 17.7. The first-order valence-electron chi connectivity index (χ1n) is 12.6. The average molecular weight is 459 g/mol. The Morgan fingerprint density at radius 3 is 2.00 bits per heavy atom. The number of aliphatic hydroxyl groups is 3. The number of allylic oxidation sites excluding steroid dienone is 2. The molecular weight excluding hydrogens is 412 g/mol. The zero-order chi connectivity index (χ0) is 23.4. The highest BCUT2D eigenvalue weighted by molar-refractivity contribution is 5.69. The number of carbonyl (C=O) groups excluding carboxylic acids is 1. The first kappa shape index (κ1) is 29.0. The summed E-state index contributed by atoms with van der Waals surface area (Å²) in [4.78, 5) is 12.2. The van der Waals surface area contributed by atoms with Gasteiger partial charge < -0.3 is 29.5 Å². The fourth-order valence-corrected chi connectivity index (χ4v) is 3.73. The summed E-state index contributed by atoms with van der Waals surface area (Å²) in [5, 5.41) is 28.9. The van der Waals surface area contributed by atoms with Gasteiger partial charge in [-0.3, -0.25) is 4.79 Å². The van der Waals surface area contributed by atoms with E-state index in [-0.39, 0.29) is 6.42 Å². The van der Waals surface area contributed by atoms with Gasteiger partial charge in [-0.2, -0.15) is 0 Å².